The lowest BCUT2D eigenvalue weighted by atomic mass is 11.9. The summed E-state index contributed by atoms with van der Waals surface area (Å²) >= 11 is 3.73. The largest absolute Gasteiger partial charge is 0.198 e. The van der Waals surface area contributed by atoms with Gasteiger partial charge in [0, 0.05) is 11.0 Å². The van der Waals surface area contributed by atoms with Crippen LogP contribution in [0.1, 0.15) is 0 Å². The maximum atomic E-state index is 3.12. The molecule has 42 valence electrons. The molecule has 1 aliphatic heterocycles. The second kappa shape index (κ2) is 4.26. The summed E-state index contributed by atoms with van der Waals surface area (Å²) in [5.74, 6) is 0. The first-order valence-corrected chi connectivity index (χ1v) is 6.19. The third-order valence-corrected chi connectivity index (χ3v) is 5.31. The van der Waals surface area contributed by atoms with Crippen molar-refractivity contribution in [1.29, 1.82) is 0 Å². The molecule has 1 fully saturated rings. The Labute approximate surface area is 59.8 Å². The molecule has 1 aliphatic rings. The fraction of sp³-hybridized carbons (Fsp3) is 1.00. The number of rotatable bonds is 0. The zero-order chi connectivity index (χ0) is 4.95. The van der Waals surface area contributed by atoms with Gasteiger partial charge < -0.3 is 0 Å². The van der Waals surface area contributed by atoms with Crippen LogP contribution in [0, 0.1) is 0 Å². The third kappa shape index (κ3) is 3.03. The molecule has 0 radical (unpaired) electrons. The van der Waals surface area contributed by atoms with Gasteiger partial charge >= 0.3 is 0 Å². The Balaban J connectivity index is 2.04. The van der Waals surface area contributed by atoms with Crippen molar-refractivity contribution in [1.82, 2.24) is 4.13 Å². The molecule has 7 heavy (non-hydrogen) atoms. The van der Waals surface area contributed by atoms with Gasteiger partial charge in [0.25, 0.3) is 0 Å². The lowest BCUT2D eigenvalue weighted by Gasteiger charge is -1.88. The van der Waals surface area contributed by atoms with Gasteiger partial charge in [-0.1, -0.05) is 22.7 Å². The first kappa shape index (κ1) is 6.48. The Hall–Kier alpha value is 1.36. The number of nitrogens with one attached hydrogen (secondary N) is 1. The van der Waals surface area contributed by atoms with Crippen LogP contribution in [0.3, 0.4) is 0 Å². The van der Waals surface area contributed by atoms with Crippen LogP contribution in [-0.4, -0.2) is 10.2 Å². The molecule has 0 aliphatic carbocycles. The Kier molecular flexibility index (Phi) is 3.94. The molecule has 1 rings (SSSR count). The van der Waals surface area contributed by atoms with Crippen LogP contribution in [0.2, 0.25) is 0 Å². The van der Waals surface area contributed by atoms with Crippen molar-refractivity contribution in [2.45, 2.75) is 0 Å². The smallest absolute Gasteiger partial charge is 0.0554 e. The molecular formula is C2H5NS4. The Bertz CT molecular complexity index is 29.3. The van der Waals surface area contributed by atoms with Gasteiger partial charge in [0.05, 0.1) is 10.2 Å². The van der Waals surface area contributed by atoms with Crippen LogP contribution in [0.4, 0.5) is 0 Å². The van der Waals surface area contributed by atoms with E-state index in [-0.39, 0.29) is 0 Å². The van der Waals surface area contributed by atoms with Gasteiger partial charge in [-0.15, -0.1) is 11.8 Å². The average molecular weight is 171 g/mol. The molecule has 0 aromatic carbocycles. The minimum Gasteiger partial charge on any atom is -0.198 e. The van der Waals surface area contributed by atoms with Gasteiger partial charge in [-0.3, -0.25) is 0 Å². The van der Waals surface area contributed by atoms with E-state index in [1.165, 1.54) is 10.2 Å². The second-order valence-electron chi connectivity index (χ2n) is 0.869. The van der Waals surface area contributed by atoms with Crippen molar-refractivity contribution in [2.75, 3.05) is 10.2 Å². The molecule has 1 N–H and O–H groups in total. The molecule has 0 bridgehead atoms. The molecule has 1 saturated heterocycles. The molecule has 0 amide bonds. The maximum absolute atomic E-state index is 3.12. The number of thioether (sulfide) groups is 1. The second-order valence-corrected chi connectivity index (χ2v) is 5.73. The number of hydrogen-bond donors (Lipinski definition) is 1. The SMILES string of the molecule is C1SCSSNS1. The van der Waals surface area contributed by atoms with Crippen molar-refractivity contribution in [3.63, 3.8) is 0 Å². The van der Waals surface area contributed by atoms with Crippen LogP contribution in [-0.2, 0) is 0 Å². The summed E-state index contributed by atoms with van der Waals surface area (Å²) in [6.45, 7) is 0. The highest BCUT2D eigenvalue weighted by Gasteiger charge is 1.96. The van der Waals surface area contributed by atoms with E-state index in [4.69, 9.17) is 0 Å². The summed E-state index contributed by atoms with van der Waals surface area (Å²) in [4.78, 5) is 0. The molecule has 1 nitrogen and oxygen atoms in total. The van der Waals surface area contributed by atoms with E-state index in [0.717, 1.165) is 0 Å². The van der Waals surface area contributed by atoms with Gasteiger partial charge in [-0.2, -0.15) is 4.13 Å². The van der Waals surface area contributed by atoms with E-state index in [2.05, 4.69) is 4.13 Å². The lowest BCUT2D eigenvalue weighted by molar-refractivity contribution is 1.78. The standard InChI is InChI=1S/C2H5NS4/c1-4-2-6-7-3-5-1/h3H,1-2H2. The topological polar surface area (TPSA) is 12.0 Å². The molecule has 0 aromatic heterocycles. The fourth-order valence-corrected chi connectivity index (χ4v) is 4.81. The normalized spacial score (nSPS) is 24.0. The molecule has 0 saturated carbocycles. The molecule has 1 heterocycles. The average Bonchev–Trinajstić information content (AvgIpc) is 1.90. The summed E-state index contributed by atoms with van der Waals surface area (Å²) in [6.07, 6.45) is 0. The van der Waals surface area contributed by atoms with E-state index < -0.39 is 0 Å². The summed E-state index contributed by atoms with van der Waals surface area (Å²) < 4.78 is 3.12. The Morgan fingerprint density at radius 1 is 1.29 bits per heavy atom. The van der Waals surface area contributed by atoms with Gasteiger partial charge in [-0.25, -0.2) is 0 Å². The summed E-state index contributed by atoms with van der Waals surface area (Å²) in [5.41, 5.74) is 0. The molecular weight excluding hydrogens is 166 g/mol. The quantitative estimate of drug-likeness (QED) is 0.441. The summed E-state index contributed by atoms with van der Waals surface area (Å²) in [6, 6.07) is 0. The molecule has 5 heteroatoms. The van der Waals surface area contributed by atoms with Gasteiger partial charge in [0.2, 0.25) is 0 Å². The van der Waals surface area contributed by atoms with E-state index in [1.54, 1.807) is 22.9 Å². The van der Waals surface area contributed by atoms with E-state index in [9.17, 15) is 0 Å². The summed E-state index contributed by atoms with van der Waals surface area (Å²) in [5, 5.41) is 2.39. The predicted octanol–water partition coefficient (Wildman–Crippen LogP) is 2.18. The van der Waals surface area contributed by atoms with Crippen molar-refractivity contribution < 1.29 is 0 Å². The predicted molar refractivity (Wildman–Crippen MR) is 43.2 cm³/mol. The monoisotopic (exact) mass is 171 g/mol. The molecule has 0 aromatic rings. The minimum absolute atomic E-state index is 1.18. The molecule has 0 atom stereocenters. The van der Waals surface area contributed by atoms with Crippen LogP contribution in [0.5, 0.6) is 0 Å². The van der Waals surface area contributed by atoms with Crippen LogP contribution in [0.25, 0.3) is 0 Å². The highest BCUT2D eigenvalue weighted by molar-refractivity contribution is 8.79. The van der Waals surface area contributed by atoms with Crippen molar-refractivity contribution in [2.24, 2.45) is 0 Å². The zero-order valence-electron chi connectivity index (χ0n) is 3.55. The Morgan fingerprint density at radius 2 is 2.29 bits per heavy atom. The highest BCUT2D eigenvalue weighted by Crippen LogP contribution is 2.30. The molecule has 0 spiro atoms. The lowest BCUT2D eigenvalue weighted by Crippen LogP contribution is -1.81. The van der Waals surface area contributed by atoms with Crippen molar-refractivity contribution in [3.05, 3.63) is 0 Å². The highest BCUT2D eigenvalue weighted by atomic mass is 33.1. The van der Waals surface area contributed by atoms with Crippen molar-refractivity contribution in [3.8, 4) is 0 Å². The van der Waals surface area contributed by atoms with Crippen LogP contribution >= 0.6 is 45.5 Å². The summed E-state index contributed by atoms with van der Waals surface area (Å²) in [7, 11) is 3.59. The van der Waals surface area contributed by atoms with E-state index in [1.807, 2.05) is 22.6 Å². The van der Waals surface area contributed by atoms with Gasteiger partial charge in [0.1, 0.15) is 0 Å². The van der Waals surface area contributed by atoms with E-state index >= 15 is 0 Å². The maximum Gasteiger partial charge on any atom is 0.0554 e. The van der Waals surface area contributed by atoms with Gasteiger partial charge in [0.15, 0.2) is 0 Å². The molecule has 0 unspecified atom stereocenters. The van der Waals surface area contributed by atoms with Crippen molar-refractivity contribution >= 4 is 45.5 Å². The van der Waals surface area contributed by atoms with Crippen LogP contribution in [0.15, 0.2) is 0 Å². The zero-order valence-corrected chi connectivity index (χ0v) is 6.81. The first-order chi connectivity index (χ1) is 3.50. The van der Waals surface area contributed by atoms with Gasteiger partial charge in [-0.05, 0) is 0 Å². The minimum atomic E-state index is 1.18. The third-order valence-electron chi connectivity index (χ3n) is 0.426. The van der Waals surface area contributed by atoms with Crippen LogP contribution < -0.4 is 4.13 Å². The first-order valence-electron chi connectivity index (χ1n) is 1.73. The fourth-order valence-electron chi connectivity index (χ4n) is 0.206. The number of hydrogen-bond acceptors (Lipinski definition) is 5. The van der Waals surface area contributed by atoms with E-state index in [0.29, 0.717) is 0 Å². The Morgan fingerprint density at radius 3 is 3.29 bits per heavy atom.